The van der Waals surface area contributed by atoms with Crippen LogP contribution in [0.25, 0.3) is 0 Å². The molecule has 11 nitrogen and oxygen atoms in total. The molecule has 0 aromatic heterocycles. The summed E-state index contributed by atoms with van der Waals surface area (Å²) in [6.07, 6.45) is -4.35. The zero-order valence-electron chi connectivity index (χ0n) is 22.8. The van der Waals surface area contributed by atoms with E-state index < -0.39 is 82.7 Å². The minimum Gasteiger partial charge on any atom is -0.465 e. The van der Waals surface area contributed by atoms with Gasteiger partial charge in [-0.25, -0.2) is 4.79 Å². The van der Waals surface area contributed by atoms with Crippen LogP contribution in [0.2, 0.25) is 0 Å². The summed E-state index contributed by atoms with van der Waals surface area (Å²) in [6.45, 7) is 7.43. The van der Waals surface area contributed by atoms with Gasteiger partial charge in [0.1, 0.15) is 24.2 Å². The van der Waals surface area contributed by atoms with Gasteiger partial charge in [-0.15, -0.1) is 0 Å². The predicted octanol–water partition coefficient (Wildman–Crippen LogP) is 1.92. The van der Waals surface area contributed by atoms with Crippen LogP contribution in [0, 0.1) is 11.3 Å². The molecule has 2 saturated carbocycles. The predicted molar refractivity (Wildman–Crippen MR) is 132 cm³/mol. The Bertz CT molecular complexity index is 1190. The van der Waals surface area contributed by atoms with Crippen LogP contribution in [0.5, 0.6) is 0 Å². The first-order valence-electron chi connectivity index (χ1n) is 12.8. The molecule has 1 N–H and O–H groups in total. The minimum atomic E-state index is -2.00. The number of carbonyl (C=O) groups excluding carboxylic acids is 5. The first kappa shape index (κ1) is 28.7. The Morgan fingerprint density at radius 3 is 2.13 bits per heavy atom. The van der Waals surface area contributed by atoms with Crippen molar-refractivity contribution in [3.63, 3.8) is 0 Å². The average molecular weight is 547 g/mol. The highest BCUT2D eigenvalue weighted by Gasteiger charge is 2.87. The van der Waals surface area contributed by atoms with Crippen molar-refractivity contribution in [2.45, 2.75) is 89.5 Å². The molecular weight excluding hydrogens is 512 g/mol. The molecule has 1 aromatic rings. The van der Waals surface area contributed by atoms with Crippen LogP contribution in [0.1, 0.15) is 64.7 Å². The summed E-state index contributed by atoms with van der Waals surface area (Å²) in [5, 5.41) is 12.1. The van der Waals surface area contributed by atoms with Crippen LogP contribution in [0.4, 0.5) is 0 Å². The Morgan fingerprint density at radius 2 is 1.56 bits per heavy atom. The highest BCUT2D eigenvalue weighted by atomic mass is 16.6. The van der Waals surface area contributed by atoms with E-state index in [4.69, 9.17) is 23.7 Å². The second kappa shape index (κ2) is 9.71. The topological polar surface area (TPSA) is 152 Å². The lowest BCUT2D eigenvalue weighted by Crippen LogP contribution is -2.82. The van der Waals surface area contributed by atoms with Gasteiger partial charge in [0.25, 0.3) is 0 Å². The number of fused-ring (bicyclic) bond motifs is 1. The maximum absolute atomic E-state index is 14.2. The van der Waals surface area contributed by atoms with E-state index in [1.165, 1.54) is 19.1 Å². The van der Waals surface area contributed by atoms with Crippen LogP contribution in [-0.2, 0) is 42.9 Å². The Kier molecular flexibility index (Phi) is 7.14. The Hall–Kier alpha value is -3.31. The number of carbonyl (C=O) groups is 5. The van der Waals surface area contributed by atoms with Gasteiger partial charge < -0.3 is 28.8 Å². The fourth-order valence-corrected chi connectivity index (χ4v) is 6.87. The summed E-state index contributed by atoms with van der Waals surface area (Å²) in [6, 6.07) is 8.10. The van der Waals surface area contributed by atoms with Gasteiger partial charge in [0, 0.05) is 20.8 Å². The Balaban J connectivity index is 2.02. The number of ether oxygens (including phenoxy) is 5. The molecule has 7 atom stereocenters. The van der Waals surface area contributed by atoms with Gasteiger partial charge in [-0.05, 0) is 45.7 Å². The molecule has 1 saturated heterocycles. The van der Waals surface area contributed by atoms with Crippen molar-refractivity contribution in [2.75, 3.05) is 6.61 Å². The number of Topliss-reactive ketones (excluding diaryl/α,β-unsaturated/α-hetero) is 1. The lowest BCUT2D eigenvalue weighted by molar-refractivity contribution is -0.334. The zero-order valence-corrected chi connectivity index (χ0v) is 22.8. The molecule has 212 valence electrons. The quantitative estimate of drug-likeness (QED) is 0.411. The molecule has 3 fully saturated rings. The SMILES string of the molecule is CC(=O)OCC12C(OC(=O)c3ccccc3)CCC(C)(O)C13OC(C)(C)C(C(=O)C2OC(C)=O)C3OC(C)=O. The normalized spacial score (nSPS) is 36.3. The third kappa shape index (κ3) is 4.31. The van der Waals surface area contributed by atoms with E-state index in [0.717, 1.165) is 20.8 Å². The van der Waals surface area contributed by atoms with Gasteiger partial charge in [0.15, 0.2) is 17.5 Å². The van der Waals surface area contributed by atoms with Gasteiger partial charge in [-0.1, -0.05) is 18.2 Å². The maximum atomic E-state index is 14.2. The number of hydrogen-bond donors (Lipinski definition) is 1. The molecule has 2 aliphatic carbocycles. The minimum absolute atomic E-state index is 0.0108. The molecule has 2 bridgehead atoms. The molecule has 4 rings (SSSR count). The summed E-state index contributed by atoms with van der Waals surface area (Å²) >= 11 is 0. The molecule has 1 aromatic carbocycles. The van der Waals surface area contributed by atoms with Crippen molar-refractivity contribution in [3.8, 4) is 0 Å². The fourth-order valence-electron chi connectivity index (χ4n) is 6.87. The van der Waals surface area contributed by atoms with Crippen molar-refractivity contribution in [1.29, 1.82) is 0 Å². The van der Waals surface area contributed by atoms with E-state index >= 15 is 0 Å². The molecule has 0 amide bonds. The molecule has 11 heteroatoms. The van der Waals surface area contributed by atoms with Crippen LogP contribution < -0.4 is 0 Å². The number of aliphatic hydroxyl groups is 1. The van der Waals surface area contributed by atoms with Gasteiger partial charge in [-0.2, -0.15) is 0 Å². The molecule has 1 spiro atoms. The van der Waals surface area contributed by atoms with E-state index in [9.17, 15) is 29.1 Å². The summed E-state index contributed by atoms with van der Waals surface area (Å²) in [5.41, 5.74) is -6.93. The summed E-state index contributed by atoms with van der Waals surface area (Å²) in [7, 11) is 0. The Labute approximate surface area is 226 Å². The monoisotopic (exact) mass is 546 g/mol. The van der Waals surface area contributed by atoms with Crippen molar-refractivity contribution >= 4 is 29.7 Å². The van der Waals surface area contributed by atoms with Crippen LogP contribution in [0.15, 0.2) is 30.3 Å². The standard InChI is InChI=1S/C28H34O11/c1-15(29)35-14-27-19(38-24(33)18-10-8-7-9-11-18)12-13-26(6,34)28(27)22(36-16(2)30)20(25(4,5)39-28)21(32)23(27)37-17(3)31/h7-11,19-20,22-23,34H,12-14H2,1-6H3. The molecule has 39 heavy (non-hydrogen) atoms. The van der Waals surface area contributed by atoms with Crippen molar-refractivity contribution < 1.29 is 52.8 Å². The lowest BCUT2D eigenvalue weighted by Gasteiger charge is -2.64. The van der Waals surface area contributed by atoms with E-state index in [-0.39, 0.29) is 18.4 Å². The molecule has 1 heterocycles. The third-order valence-electron chi connectivity index (χ3n) is 8.22. The number of ketones is 1. The molecule has 7 unspecified atom stereocenters. The number of hydrogen-bond acceptors (Lipinski definition) is 11. The van der Waals surface area contributed by atoms with Crippen LogP contribution >= 0.6 is 0 Å². The van der Waals surface area contributed by atoms with E-state index in [1.54, 1.807) is 32.0 Å². The van der Waals surface area contributed by atoms with Gasteiger partial charge in [0.2, 0.25) is 0 Å². The largest absolute Gasteiger partial charge is 0.465 e. The average Bonchev–Trinajstić information content (AvgIpc) is 3.04. The van der Waals surface area contributed by atoms with E-state index in [0.29, 0.717) is 0 Å². The lowest BCUT2D eigenvalue weighted by atomic mass is 9.46. The summed E-state index contributed by atoms with van der Waals surface area (Å²) in [5.74, 6) is -4.89. The van der Waals surface area contributed by atoms with Crippen LogP contribution in [0.3, 0.4) is 0 Å². The van der Waals surface area contributed by atoms with Crippen LogP contribution in [-0.4, -0.2) is 76.5 Å². The van der Waals surface area contributed by atoms with Crippen molar-refractivity contribution in [1.82, 2.24) is 0 Å². The number of rotatable bonds is 6. The van der Waals surface area contributed by atoms with Gasteiger partial charge in [-0.3, -0.25) is 19.2 Å². The van der Waals surface area contributed by atoms with Crippen molar-refractivity contribution in [2.24, 2.45) is 11.3 Å². The third-order valence-corrected chi connectivity index (χ3v) is 8.22. The fraction of sp³-hybridized carbons (Fsp3) is 0.607. The first-order valence-corrected chi connectivity index (χ1v) is 12.8. The molecular formula is C28H34O11. The second-order valence-electron chi connectivity index (χ2n) is 11.2. The molecule has 1 aliphatic heterocycles. The Morgan fingerprint density at radius 1 is 0.949 bits per heavy atom. The molecule has 3 aliphatic rings. The summed E-state index contributed by atoms with van der Waals surface area (Å²) < 4.78 is 29.5. The highest BCUT2D eigenvalue weighted by Crippen LogP contribution is 2.68. The highest BCUT2D eigenvalue weighted by molar-refractivity contribution is 5.93. The van der Waals surface area contributed by atoms with E-state index in [1.807, 2.05) is 0 Å². The van der Waals surface area contributed by atoms with Gasteiger partial charge >= 0.3 is 23.9 Å². The smallest absolute Gasteiger partial charge is 0.338 e. The van der Waals surface area contributed by atoms with E-state index in [2.05, 4.69) is 0 Å². The first-order chi connectivity index (χ1) is 18.1. The number of benzene rings is 1. The number of esters is 4. The van der Waals surface area contributed by atoms with Gasteiger partial charge in [0.05, 0.1) is 22.7 Å². The zero-order chi connectivity index (χ0) is 29.0. The van der Waals surface area contributed by atoms with Crippen molar-refractivity contribution in [3.05, 3.63) is 35.9 Å². The summed E-state index contributed by atoms with van der Waals surface area (Å²) in [4.78, 5) is 64.5. The molecule has 0 radical (unpaired) electrons. The second-order valence-corrected chi connectivity index (χ2v) is 11.2. The maximum Gasteiger partial charge on any atom is 0.338 e.